The molecule has 1 aromatic carbocycles. The molecule has 0 N–H and O–H groups in total. The lowest BCUT2D eigenvalue weighted by atomic mass is 10.0. The number of methoxy groups -OCH3 is 1. The summed E-state index contributed by atoms with van der Waals surface area (Å²) in [6.45, 7) is 2.83. The van der Waals surface area contributed by atoms with E-state index >= 15 is 0 Å². The summed E-state index contributed by atoms with van der Waals surface area (Å²) in [5.41, 5.74) is 1.22. The molecule has 1 aliphatic heterocycles. The predicted molar refractivity (Wildman–Crippen MR) is 61.8 cm³/mol. The highest BCUT2D eigenvalue weighted by Crippen LogP contribution is 2.31. The fourth-order valence-electron chi connectivity index (χ4n) is 2.36. The van der Waals surface area contributed by atoms with Crippen molar-refractivity contribution in [2.24, 2.45) is 0 Å². The molecule has 1 heterocycles. The number of ether oxygens (including phenoxy) is 1. The Morgan fingerprint density at radius 2 is 2.12 bits per heavy atom. The largest absolute Gasteiger partial charge is 0.383 e. The predicted octanol–water partition coefficient (Wildman–Crippen LogP) is 2.61. The zero-order valence-corrected chi connectivity index (χ0v) is 9.66. The molecule has 1 aromatic rings. The van der Waals surface area contributed by atoms with E-state index in [2.05, 4.69) is 4.90 Å². The van der Waals surface area contributed by atoms with Gasteiger partial charge in [-0.05, 0) is 37.1 Å². The van der Waals surface area contributed by atoms with Crippen molar-refractivity contribution in [3.8, 4) is 0 Å². The van der Waals surface area contributed by atoms with Gasteiger partial charge in [0.05, 0.1) is 6.61 Å². The molecule has 0 unspecified atom stereocenters. The maximum Gasteiger partial charge on any atom is 0.123 e. The first-order valence-corrected chi connectivity index (χ1v) is 5.79. The van der Waals surface area contributed by atoms with E-state index in [0.717, 1.165) is 26.1 Å². The molecular weight excluding hydrogens is 205 g/mol. The number of likely N-dealkylation sites (tertiary alicyclic amines) is 1. The van der Waals surface area contributed by atoms with Crippen LogP contribution in [0.25, 0.3) is 0 Å². The Morgan fingerprint density at radius 1 is 1.38 bits per heavy atom. The van der Waals surface area contributed by atoms with Crippen LogP contribution >= 0.6 is 0 Å². The molecule has 16 heavy (non-hydrogen) atoms. The Hall–Kier alpha value is -0.930. The van der Waals surface area contributed by atoms with Crippen molar-refractivity contribution in [3.05, 3.63) is 35.6 Å². The highest BCUT2D eigenvalue weighted by atomic mass is 19.1. The summed E-state index contributed by atoms with van der Waals surface area (Å²) >= 11 is 0. The van der Waals surface area contributed by atoms with E-state index in [1.165, 1.54) is 12.0 Å². The summed E-state index contributed by atoms with van der Waals surface area (Å²) in [4.78, 5) is 2.41. The topological polar surface area (TPSA) is 12.5 Å². The zero-order chi connectivity index (χ0) is 11.4. The number of hydrogen-bond donors (Lipinski definition) is 0. The molecule has 0 aromatic heterocycles. The zero-order valence-electron chi connectivity index (χ0n) is 9.66. The number of rotatable bonds is 4. The van der Waals surface area contributed by atoms with Crippen LogP contribution in [-0.4, -0.2) is 31.7 Å². The molecule has 1 fully saturated rings. The molecule has 0 aliphatic carbocycles. The molecule has 1 saturated heterocycles. The van der Waals surface area contributed by atoms with Crippen LogP contribution in [0.3, 0.4) is 0 Å². The molecule has 0 amide bonds. The summed E-state index contributed by atoms with van der Waals surface area (Å²) in [5, 5.41) is 0. The van der Waals surface area contributed by atoms with Crippen molar-refractivity contribution in [2.75, 3.05) is 26.8 Å². The monoisotopic (exact) mass is 223 g/mol. The highest BCUT2D eigenvalue weighted by Gasteiger charge is 2.25. The standard InChI is InChI=1S/C13H18FNO/c1-16-10-9-15-8-2-3-13(15)11-4-6-12(14)7-5-11/h4-7,13H,2-3,8-10H2,1H3/t13-/m1/s1. The van der Waals surface area contributed by atoms with Crippen LogP contribution in [0.15, 0.2) is 24.3 Å². The van der Waals surface area contributed by atoms with E-state index in [1.54, 1.807) is 19.2 Å². The van der Waals surface area contributed by atoms with Gasteiger partial charge in [0, 0.05) is 19.7 Å². The van der Waals surface area contributed by atoms with Crippen LogP contribution in [0.2, 0.25) is 0 Å². The summed E-state index contributed by atoms with van der Waals surface area (Å²) in [7, 11) is 1.73. The molecule has 0 saturated carbocycles. The van der Waals surface area contributed by atoms with Crippen molar-refractivity contribution in [1.29, 1.82) is 0 Å². The molecule has 88 valence electrons. The fourth-order valence-corrected chi connectivity index (χ4v) is 2.36. The smallest absolute Gasteiger partial charge is 0.123 e. The van der Waals surface area contributed by atoms with E-state index < -0.39 is 0 Å². The van der Waals surface area contributed by atoms with Gasteiger partial charge in [-0.1, -0.05) is 12.1 Å². The SMILES string of the molecule is COCCN1CCC[C@@H]1c1ccc(F)cc1. The van der Waals surface area contributed by atoms with Gasteiger partial charge in [0.15, 0.2) is 0 Å². The summed E-state index contributed by atoms with van der Waals surface area (Å²) in [6.07, 6.45) is 2.38. The number of halogens is 1. The molecule has 3 heteroatoms. The van der Waals surface area contributed by atoms with Crippen molar-refractivity contribution < 1.29 is 9.13 Å². The molecule has 1 atom stereocenters. The average molecular weight is 223 g/mol. The van der Waals surface area contributed by atoms with Crippen LogP contribution in [-0.2, 0) is 4.74 Å². The molecule has 2 nitrogen and oxygen atoms in total. The van der Waals surface area contributed by atoms with Gasteiger partial charge in [-0.3, -0.25) is 4.90 Å². The first kappa shape index (κ1) is 11.6. The maximum atomic E-state index is 12.8. The van der Waals surface area contributed by atoms with Gasteiger partial charge in [-0.2, -0.15) is 0 Å². The second-order valence-corrected chi connectivity index (χ2v) is 4.24. The Labute approximate surface area is 96.0 Å². The van der Waals surface area contributed by atoms with E-state index in [-0.39, 0.29) is 5.82 Å². The van der Waals surface area contributed by atoms with Gasteiger partial charge >= 0.3 is 0 Å². The Morgan fingerprint density at radius 3 is 2.81 bits per heavy atom. The molecule has 2 rings (SSSR count). The van der Waals surface area contributed by atoms with Gasteiger partial charge in [-0.15, -0.1) is 0 Å². The minimum absolute atomic E-state index is 0.162. The van der Waals surface area contributed by atoms with Gasteiger partial charge in [-0.25, -0.2) is 4.39 Å². The quantitative estimate of drug-likeness (QED) is 0.778. The Balaban J connectivity index is 2.04. The van der Waals surface area contributed by atoms with Gasteiger partial charge in [0.1, 0.15) is 5.82 Å². The molecule has 0 spiro atoms. The van der Waals surface area contributed by atoms with Crippen molar-refractivity contribution in [3.63, 3.8) is 0 Å². The third-order valence-electron chi connectivity index (χ3n) is 3.20. The molecule has 1 aliphatic rings. The second-order valence-electron chi connectivity index (χ2n) is 4.24. The lowest BCUT2D eigenvalue weighted by Gasteiger charge is -2.24. The highest BCUT2D eigenvalue weighted by molar-refractivity contribution is 5.20. The lowest BCUT2D eigenvalue weighted by molar-refractivity contribution is 0.141. The second kappa shape index (κ2) is 5.41. The molecular formula is C13H18FNO. The third kappa shape index (κ3) is 2.60. The Kier molecular flexibility index (Phi) is 3.91. The van der Waals surface area contributed by atoms with Crippen LogP contribution in [0.1, 0.15) is 24.4 Å². The van der Waals surface area contributed by atoms with Gasteiger partial charge in [0.25, 0.3) is 0 Å². The van der Waals surface area contributed by atoms with E-state index in [4.69, 9.17) is 4.74 Å². The Bertz CT molecular complexity index is 325. The first-order chi connectivity index (χ1) is 7.81. The lowest BCUT2D eigenvalue weighted by Crippen LogP contribution is -2.26. The normalized spacial score (nSPS) is 21.5. The van der Waals surface area contributed by atoms with Gasteiger partial charge in [0.2, 0.25) is 0 Å². The van der Waals surface area contributed by atoms with Gasteiger partial charge < -0.3 is 4.74 Å². The summed E-state index contributed by atoms with van der Waals surface area (Å²) < 4.78 is 17.9. The fraction of sp³-hybridized carbons (Fsp3) is 0.538. The molecule has 0 radical (unpaired) electrons. The minimum Gasteiger partial charge on any atom is -0.383 e. The minimum atomic E-state index is -0.162. The van der Waals surface area contributed by atoms with Crippen LogP contribution < -0.4 is 0 Å². The summed E-state index contributed by atoms with van der Waals surface area (Å²) in [5.74, 6) is -0.162. The van der Waals surface area contributed by atoms with Crippen molar-refractivity contribution in [2.45, 2.75) is 18.9 Å². The van der Waals surface area contributed by atoms with E-state index in [0.29, 0.717) is 6.04 Å². The van der Waals surface area contributed by atoms with E-state index in [9.17, 15) is 4.39 Å². The number of benzene rings is 1. The molecule has 0 bridgehead atoms. The van der Waals surface area contributed by atoms with Crippen LogP contribution in [0.4, 0.5) is 4.39 Å². The number of nitrogens with zero attached hydrogens (tertiary/aromatic N) is 1. The third-order valence-corrected chi connectivity index (χ3v) is 3.20. The first-order valence-electron chi connectivity index (χ1n) is 5.79. The number of hydrogen-bond acceptors (Lipinski definition) is 2. The van der Waals surface area contributed by atoms with Crippen molar-refractivity contribution >= 4 is 0 Å². The van der Waals surface area contributed by atoms with Crippen molar-refractivity contribution in [1.82, 2.24) is 4.90 Å². The average Bonchev–Trinajstić information content (AvgIpc) is 2.75. The van der Waals surface area contributed by atoms with Crippen LogP contribution in [0.5, 0.6) is 0 Å². The van der Waals surface area contributed by atoms with E-state index in [1.807, 2.05) is 12.1 Å². The maximum absolute atomic E-state index is 12.8. The summed E-state index contributed by atoms with van der Waals surface area (Å²) in [6, 6.07) is 7.32. The van der Waals surface area contributed by atoms with Crippen LogP contribution in [0, 0.1) is 5.82 Å².